The van der Waals surface area contributed by atoms with E-state index in [2.05, 4.69) is 5.32 Å². The minimum atomic E-state index is -0.152. The molecular formula is C17H13Cl4NO3. The van der Waals surface area contributed by atoms with Gasteiger partial charge in [0.1, 0.15) is 22.6 Å². The van der Waals surface area contributed by atoms with Crippen LogP contribution in [0.2, 0.25) is 10.0 Å². The molecule has 0 aromatic heterocycles. The molecule has 0 spiro atoms. The molecular weight excluding hydrogens is 408 g/mol. The van der Waals surface area contributed by atoms with E-state index in [0.29, 0.717) is 22.9 Å². The lowest BCUT2D eigenvalue weighted by molar-refractivity contribution is -0.114. The van der Waals surface area contributed by atoms with Gasteiger partial charge in [0.15, 0.2) is 5.75 Å². The summed E-state index contributed by atoms with van der Waals surface area (Å²) in [6.45, 7) is 1.62. The molecule has 0 aliphatic heterocycles. The number of hydrogen-bond acceptors (Lipinski definition) is 3. The first-order chi connectivity index (χ1) is 11.8. The highest BCUT2D eigenvalue weighted by Crippen LogP contribution is 2.39. The van der Waals surface area contributed by atoms with Crippen molar-refractivity contribution < 1.29 is 14.3 Å². The van der Waals surface area contributed by atoms with Crippen molar-refractivity contribution in [2.45, 2.75) is 6.92 Å². The van der Waals surface area contributed by atoms with Crippen LogP contribution < -0.4 is 14.8 Å². The van der Waals surface area contributed by atoms with Gasteiger partial charge in [-0.05, 0) is 30.3 Å². The Balaban J connectivity index is 2.11. The Morgan fingerprint density at radius 1 is 1.08 bits per heavy atom. The zero-order valence-electron chi connectivity index (χ0n) is 13.0. The number of benzene rings is 2. The second-order valence-electron chi connectivity index (χ2n) is 4.83. The zero-order chi connectivity index (χ0) is 18.4. The van der Waals surface area contributed by atoms with Gasteiger partial charge in [-0.25, -0.2) is 0 Å². The molecule has 8 heteroatoms. The Morgan fingerprint density at radius 2 is 1.68 bits per heavy atom. The number of amides is 1. The topological polar surface area (TPSA) is 47.6 Å². The van der Waals surface area contributed by atoms with E-state index in [0.717, 1.165) is 0 Å². The minimum absolute atomic E-state index is 0.111. The van der Waals surface area contributed by atoms with Crippen LogP contribution in [0.3, 0.4) is 0 Å². The van der Waals surface area contributed by atoms with Crippen molar-refractivity contribution in [3.63, 3.8) is 0 Å². The van der Waals surface area contributed by atoms with Crippen LogP contribution in [0, 0.1) is 0 Å². The predicted molar refractivity (Wildman–Crippen MR) is 103 cm³/mol. The maximum absolute atomic E-state index is 11.0. The summed E-state index contributed by atoms with van der Waals surface area (Å²) < 4.78 is 11.2. The lowest BCUT2D eigenvalue weighted by Crippen LogP contribution is -2.05. The average molecular weight is 421 g/mol. The van der Waals surface area contributed by atoms with E-state index in [9.17, 15) is 4.79 Å². The maximum Gasteiger partial charge on any atom is 0.221 e. The Morgan fingerprint density at radius 3 is 2.20 bits per heavy atom. The summed E-state index contributed by atoms with van der Waals surface area (Å²) in [6, 6.07) is 9.94. The summed E-state index contributed by atoms with van der Waals surface area (Å²) in [5.41, 5.74) is 0.659. The monoisotopic (exact) mass is 419 g/mol. The largest absolute Gasteiger partial charge is 0.489 e. The van der Waals surface area contributed by atoms with E-state index in [1.165, 1.54) is 13.0 Å². The number of nitrogens with one attached hydrogen (secondary N) is 1. The first-order valence-electron chi connectivity index (χ1n) is 7.03. The van der Waals surface area contributed by atoms with Crippen molar-refractivity contribution in [3.05, 3.63) is 57.0 Å². The predicted octanol–water partition coefficient (Wildman–Crippen LogP) is 6.44. The lowest BCUT2D eigenvalue weighted by Gasteiger charge is -2.12. The van der Waals surface area contributed by atoms with Crippen LogP contribution in [0.1, 0.15) is 6.92 Å². The second-order valence-corrected chi connectivity index (χ2v) is 6.65. The molecule has 1 N–H and O–H groups in total. The molecule has 0 saturated heterocycles. The van der Waals surface area contributed by atoms with Crippen molar-refractivity contribution in [2.75, 3.05) is 11.9 Å². The van der Waals surface area contributed by atoms with Gasteiger partial charge in [-0.3, -0.25) is 4.79 Å². The molecule has 25 heavy (non-hydrogen) atoms. The van der Waals surface area contributed by atoms with Crippen LogP contribution in [0.25, 0.3) is 0 Å². The fourth-order valence-electron chi connectivity index (χ4n) is 1.85. The van der Waals surface area contributed by atoms with Crippen molar-refractivity contribution in [1.29, 1.82) is 0 Å². The number of carbonyl (C=O) groups is 1. The summed E-state index contributed by atoms with van der Waals surface area (Å²) in [5.74, 6) is 1.12. The third-order valence-corrected chi connectivity index (χ3v) is 3.72. The van der Waals surface area contributed by atoms with Gasteiger partial charge in [-0.15, -0.1) is 0 Å². The van der Waals surface area contributed by atoms with Gasteiger partial charge in [0.25, 0.3) is 0 Å². The molecule has 0 aliphatic carbocycles. The SMILES string of the molecule is CC(=O)Nc1ccc(Oc2c(Cl)cc(OCC=C(Cl)Cl)cc2Cl)cc1. The third-order valence-electron chi connectivity index (χ3n) is 2.85. The highest BCUT2D eigenvalue weighted by atomic mass is 35.5. The first kappa shape index (κ1) is 19.7. The number of hydrogen-bond donors (Lipinski definition) is 1. The molecule has 4 nitrogen and oxygen atoms in total. The molecule has 0 saturated carbocycles. The Bertz CT molecular complexity index is 764. The molecule has 132 valence electrons. The van der Waals surface area contributed by atoms with Crippen molar-refractivity contribution >= 4 is 58.0 Å². The number of carbonyl (C=O) groups excluding carboxylic acids is 1. The zero-order valence-corrected chi connectivity index (χ0v) is 16.0. The molecule has 0 bridgehead atoms. The van der Waals surface area contributed by atoms with E-state index in [1.54, 1.807) is 36.4 Å². The smallest absolute Gasteiger partial charge is 0.221 e. The Kier molecular flexibility index (Phi) is 7.26. The van der Waals surface area contributed by atoms with Gasteiger partial charge in [-0.2, -0.15) is 0 Å². The summed E-state index contributed by atoms with van der Waals surface area (Å²) >= 11 is 23.4. The molecule has 2 aromatic rings. The number of ether oxygens (including phenoxy) is 2. The minimum Gasteiger partial charge on any atom is -0.489 e. The van der Waals surface area contributed by atoms with Gasteiger partial charge in [0.05, 0.1) is 10.0 Å². The maximum atomic E-state index is 11.0. The summed E-state index contributed by atoms with van der Waals surface area (Å²) in [6.07, 6.45) is 1.49. The quantitative estimate of drug-likeness (QED) is 0.584. The van der Waals surface area contributed by atoms with Crippen LogP contribution in [0.15, 0.2) is 47.0 Å². The molecule has 2 rings (SSSR count). The van der Waals surface area contributed by atoms with Crippen molar-refractivity contribution in [1.82, 2.24) is 0 Å². The van der Waals surface area contributed by atoms with Crippen molar-refractivity contribution in [3.8, 4) is 17.2 Å². The molecule has 2 aromatic carbocycles. The fraction of sp³-hybridized carbons (Fsp3) is 0.118. The highest BCUT2D eigenvalue weighted by Gasteiger charge is 2.12. The molecule has 0 radical (unpaired) electrons. The van der Waals surface area contributed by atoms with Crippen LogP contribution in [0.4, 0.5) is 5.69 Å². The van der Waals surface area contributed by atoms with Gasteiger partial charge in [-0.1, -0.05) is 46.4 Å². The molecule has 0 unspecified atom stereocenters. The summed E-state index contributed by atoms with van der Waals surface area (Å²) in [4.78, 5) is 11.0. The number of rotatable bonds is 6. The molecule has 0 fully saturated rings. The van der Waals surface area contributed by atoms with Gasteiger partial charge in [0, 0.05) is 24.7 Å². The Hall–Kier alpha value is -1.59. The van der Waals surface area contributed by atoms with Crippen LogP contribution >= 0.6 is 46.4 Å². The normalized spacial score (nSPS) is 10.1. The Labute approximate surface area is 165 Å². The van der Waals surface area contributed by atoms with Gasteiger partial charge in [0.2, 0.25) is 5.91 Å². The van der Waals surface area contributed by atoms with Crippen LogP contribution in [-0.4, -0.2) is 12.5 Å². The number of halogens is 4. The third kappa shape index (κ3) is 6.33. The first-order valence-corrected chi connectivity index (χ1v) is 8.55. The van der Waals surface area contributed by atoms with E-state index in [1.807, 2.05) is 0 Å². The summed E-state index contributed by atoms with van der Waals surface area (Å²) in [5, 5.41) is 3.24. The average Bonchev–Trinajstić information content (AvgIpc) is 2.51. The van der Waals surface area contributed by atoms with Gasteiger partial charge >= 0.3 is 0 Å². The molecule has 0 aliphatic rings. The van der Waals surface area contributed by atoms with Crippen LogP contribution in [-0.2, 0) is 4.79 Å². The van der Waals surface area contributed by atoms with E-state index >= 15 is 0 Å². The number of anilines is 1. The van der Waals surface area contributed by atoms with E-state index in [4.69, 9.17) is 55.9 Å². The van der Waals surface area contributed by atoms with Crippen LogP contribution in [0.5, 0.6) is 17.2 Å². The molecule has 1 amide bonds. The molecule has 0 atom stereocenters. The molecule has 0 heterocycles. The van der Waals surface area contributed by atoms with E-state index < -0.39 is 0 Å². The fourth-order valence-corrected chi connectivity index (χ4v) is 2.52. The second kappa shape index (κ2) is 9.20. The standard InChI is InChI=1S/C17H13Cl4NO3/c1-10(23)22-11-2-4-12(5-3-11)25-17-14(18)8-13(9-15(17)19)24-7-6-16(20)21/h2-6,8-9H,7H2,1H3,(H,22,23). The highest BCUT2D eigenvalue weighted by molar-refractivity contribution is 6.55. The van der Waals surface area contributed by atoms with Crippen molar-refractivity contribution in [2.24, 2.45) is 0 Å². The lowest BCUT2D eigenvalue weighted by atomic mass is 10.3. The van der Waals surface area contributed by atoms with E-state index in [-0.39, 0.29) is 27.1 Å². The van der Waals surface area contributed by atoms with Gasteiger partial charge < -0.3 is 14.8 Å². The summed E-state index contributed by atoms with van der Waals surface area (Å²) in [7, 11) is 0.